The van der Waals surface area contributed by atoms with E-state index in [9.17, 15) is 9.59 Å². The summed E-state index contributed by atoms with van der Waals surface area (Å²) in [7, 11) is 5.44. The van der Waals surface area contributed by atoms with E-state index in [1.165, 1.54) is 16.8 Å². The van der Waals surface area contributed by atoms with Crippen molar-refractivity contribution >= 4 is 34.4 Å². The van der Waals surface area contributed by atoms with Crippen LogP contribution in [0.4, 0.5) is 17.3 Å². The van der Waals surface area contributed by atoms with Crippen molar-refractivity contribution in [2.24, 2.45) is 0 Å². The molecule has 0 bridgehead atoms. The van der Waals surface area contributed by atoms with E-state index in [0.717, 1.165) is 11.4 Å². The molecule has 0 fully saturated rings. The molecule has 2 aromatic heterocycles. The molecular weight excluding hydrogens is 446 g/mol. The van der Waals surface area contributed by atoms with E-state index in [4.69, 9.17) is 4.74 Å². The van der Waals surface area contributed by atoms with Crippen LogP contribution in [-0.2, 0) is 4.79 Å². The van der Waals surface area contributed by atoms with Crippen LogP contribution in [0.2, 0.25) is 0 Å². The quantitative estimate of drug-likeness (QED) is 0.377. The minimum Gasteiger partial charge on any atom is -0.497 e. The van der Waals surface area contributed by atoms with Crippen LogP contribution in [-0.4, -0.2) is 58.1 Å². The van der Waals surface area contributed by atoms with Crippen molar-refractivity contribution < 1.29 is 9.53 Å². The normalized spacial score (nSPS) is 11.2. The summed E-state index contributed by atoms with van der Waals surface area (Å²) in [4.78, 5) is 40.0. The Morgan fingerprint density at radius 2 is 1.89 bits per heavy atom. The molecule has 10 heteroatoms. The Morgan fingerprint density at radius 3 is 2.63 bits per heavy atom. The van der Waals surface area contributed by atoms with Gasteiger partial charge in [0.25, 0.3) is 5.56 Å². The molecule has 178 valence electrons. The zero-order valence-electron chi connectivity index (χ0n) is 19.6. The summed E-state index contributed by atoms with van der Waals surface area (Å²) in [6.07, 6.45) is 6.02. The van der Waals surface area contributed by atoms with Gasteiger partial charge in [-0.15, -0.1) is 0 Å². The van der Waals surface area contributed by atoms with E-state index in [2.05, 4.69) is 25.6 Å². The first-order valence-corrected chi connectivity index (χ1v) is 10.8. The van der Waals surface area contributed by atoms with E-state index < -0.39 is 0 Å². The molecule has 0 aliphatic rings. The van der Waals surface area contributed by atoms with Gasteiger partial charge in [-0.3, -0.25) is 14.2 Å². The number of nitrogens with one attached hydrogen (secondary N) is 2. The first-order chi connectivity index (χ1) is 16.9. The number of amides is 1. The first-order valence-electron chi connectivity index (χ1n) is 10.8. The summed E-state index contributed by atoms with van der Waals surface area (Å²) in [6.45, 7) is 0.651. The molecule has 0 saturated carbocycles. The van der Waals surface area contributed by atoms with Crippen LogP contribution in [0, 0.1) is 0 Å². The van der Waals surface area contributed by atoms with Crippen molar-refractivity contribution in [3.05, 3.63) is 83.4 Å². The van der Waals surface area contributed by atoms with E-state index in [-0.39, 0.29) is 11.5 Å². The molecule has 0 aliphatic carbocycles. The minimum atomic E-state index is -0.360. The topological polar surface area (TPSA) is 114 Å². The van der Waals surface area contributed by atoms with Gasteiger partial charge >= 0.3 is 0 Å². The lowest BCUT2D eigenvalue weighted by Gasteiger charge is -2.12. The molecule has 1 amide bonds. The summed E-state index contributed by atoms with van der Waals surface area (Å²) in [5.74, 6) is 0.775. The molecular formula is C25H25N7O3. The van der Waals surface area contributed by atoms with Gasteiger partial charge in [-0.1, -0.05) is 12.1 Å². The van der Waals surface area contributed by atoms with Crippen molar-refractivity contribution in [1.29, 1.82) is 0 Å². The molecule has 2 N–H and O–H groups in total. The van der Waals surface area contributed by atoms with Gasteiger partial charge in [-0.25, -0.2) is 9.97 Å². The molecule has 2 heterocycles. The molecule has 35 heavy (non-hydrogen) atoms. The molecule has 4 rings (SSSR count). The second-order valence-corrected chi connectivity index (χ2v) is 7.89. The maximum Gasteiger partial charge on any atom is 0.275 e. The Morgan fingerprint density at radius 1 is 1.09 bits per heavy atom. The maximum atomic E-state index is 12.8. The van der Waals surface area contributed by atoms with Gasteiger partial charge in [0.15, 0.2) is 5.65 Å². The van der Waals surface area contributed by atoms with Crippen molar-refractivity contribution in [3.63, 3.8) is 0 Å². The SMILES string of the molecule is COc1ccc(Nc2ncc3ncc(=O)n(-c4cccc(NC(=O)/C=C/CN(C)C)c4)c3n2)cc1. The van der Waals surface area contributed by atoms with Crippen LogP contribution in [0.3, 0.4) is 0 Å². The Bertz CT molecular complexity index is 1430. The maximum absolute atomic E-state index is 12.8. The van der Waals surface area contributed by atoms with Crippen LogP contribution >= 0.6 is 0 Å². The van der Waals surface area contributed by atoms with E-state index in [1.807, 2.05) is 43.3 Å². The predicted octanol–water partition coefficient (Wildman–Crippen LogP) is 2.98. The lowest BCUT2D eigenvalue weighted by Crippen LogP contribution is -2.20. The smallest absolute Gasteiger partial charge is 0.275 e. The number of benzene rings is 2. The number of nitrogens with zero attached hydrogens (tertiary/aromatic N) is 5. The lowest BCUT2D eigenvalue weighted by molar-refractivity contribution is -0.111. The van der Waals surface area contributed by atoms with Crippen LogP contribution in [0.15, 0.2) is 77.9 Å². The highest BCUT2D eigenvalue weighted by Gasteiger charge is 2.11. The fraction of sp³-hybridized carbons (Fsp3) is 0.160. The number of ether oxygens (including phenoxy) is 1. The van der Waals surface area contributed by atoms with Crippen LogP contribution in [0.1, 0.15) is 0 Å². The number of methoxy groups -OCH3 is 1. The predicted molar refractivity (Wildman–Crippen MR) is 136 cm³/mol. The van der Waals surface area contributed by atoms with Gasteiger partial charge in [-0.05, 0) is 56.6 Å². The Kier molecular flexibility index (Phi) is 7.12. The molecule has 10 nitrogen and oxygen atoms in total. The molecule has 0 radical (unpaired) electrons. The third kappa shape index (κ3) is 5.87. The lowest BCUT2D eigenvalue weighted by atomic mass is 10.2. The highest BCUT2D eigenvalue weighted by molar-refractivity contribution is 5.99. The Balaban J connectivity index is 1.65. The van der Waals surface area contributed by atoms with Crippen LogP contribution in [0.25, 0.3) is 16.9 Å². The summed E-state index contributed by atoms with van der Waals surface area (Å²) in [5, 5.41) is 5.94. The Hall–Kier alpha value is -4.57. The van der Waals surface area contributed by atoms with Gasteiger partial charge in [0.1, 0.15) is 11.3 Å². The Labute approximate surface area is 201 Å². The molecule has 0 unspecified atom stereocenters. The second kappa shape index (κ2) is 10.6. The molecule has 4 aromatic rings. The molecule has 0 spiro atoms. The summed E-state index contributed by atoms with van der Waals surface area (Å²) < 4.78 is 6.61. The number of fused-ring (bicyclic) bond motifs is 1. The van der Waals surface area contributed by atoms with Gasteiger partial charge in [0.05, 0.1) is 25.2 Å². The zero-order chi connectivity index (χ0) is 24.8. The van der Waals surface area contributed by atoms with E-state index in [1.54, 1.807) is 43.6 Å². The van der Waals surface area contributed by atoms with Crippen molar-refractivity contribution in [2.45, 2.75) is 0 Å². The molecule has 0 atom stereocenters. The molecule has 2 aromatic carbocycles. The molecule has 0 aliphatic heterocycles. The first kappa shape index (κ1) is 23.6. The molecule has 0 saturated heterocycles. The minimum absolute atomic E-state index is 0.260. The number of carbonyl (C=O) groups is 1. The van der Waals surface area contributed by atoms with Crippen molar-refractivity contribution in [2.75, 3.05) is 38.4 Å². The third-order valence-corrected chi connectivity index (χ3v) is 4.95. The number of hydrogen-bond donors (Lipinski definition) is 2. The van der Waals surface area contributed by atoms with Crippen molar-refractivity contribution in [3.8, 4) is 11.4 Å². The van der Waals surface area contributed by atoms with Crippen LogP contribution in [0.5, 0.6) is 5.75 Å². The second-order valence-electron chi connectivity index (χ2n) is 7.89. The van der Waals surface area contributed by atoms with Gasteiger partial charge in [0, 0.05) is 24.0 Å². The average Bonchev–Trinajstić information content (AvgIpc) is 2.84. The largest absolute Gasteiger partial charge is 0.497 e. The third-order valence-electron chi connectivity index (χ3n) is 4.95. The number of rotatable bonds is 8. The highest BCUT2D eigenvalue weighted by atomic mass is 16.5. The number of hydrogen-bond acceptors (Lipinski definition) is 8. The number of carbonyl (C=O) groups excluding carboxylic acids is 1. The van der Waals surface area contributed by atoms with E-state index in [0.29, 0.717) is 35.0 Å². The fourth-order valence-electron chi connectivity index (χ4n) is 3.30. The van der Waals surface area contributed by atoms with Crippen molar-refractivity contribution in [1.82, 2.24) is 24.4 Å². The van der Waals surface area contributed by atoms with Gasteiger partial charge in [-0.2, -0.15) is 4.98 Å². The number of likely N-dealkylation sites (N-methyl/N-ethyl adjacent to an activating group) is 1. The number of aromatic nitrogens is 4. The standard InChI is InChI=1S/C25H25N7O3/c1-31(2)13-5-8-22(33)28-18-6-4-7-19(14-18)32-23(34)16-26-21-15-27-25(30-24(21)32)29-17-9-11-20(35-3)12-10-17/h4-12,14-16H,13H2,1-3H3,(H,28,33)(H,27,29,30)/b8-5+. The average molecular weight is 472 g/mol. The zero-order valence-corrected chi connectivity index (χ0v) is 19.6. The monoisotopic (exact) mass is 471 g/mol. The van der Waals surface area contributed by atoms with Crippen LogP contribution < -0.4 is 20.9 Å². The summed E-state index contributed by atoms with van der Waals surface area (Å²) in [6, 6.07) is 14.3. The fourth-order valence-corrected chi connectivity index (χ4v) is 3.30. The van der Waals surface area contributed by atoms with Gasteiger partial charge < -0.3 is 20.3 Å². The van der Waals surface area contributed by atoms with Gasteiger partial charge in [0.2, 0.25) is 11.9 Å². The summed E-state index contributed by atoms with van der Waals surface area (Å²) >= 11 is 0. The highest BCUT2D eigenvalue weighted by Crippen LogP contribution is 2.20. The number of anilines is 3. The summed E-state index contributed by atoms with van der Waals surface area (Å²) in [5.41, 5.74) is 2.26. The van der Waals surface area contributed by atoms with E-state index >= 15 is 0 Å².